The van der Waals surface area contributed by atoms with Crippen LogP contribution in [-0.2, 0) is 14.4 Å². The average Bonchev–Trinajstić information content (AvgIpc) is 2.77. The lowest BCUT2D eigenvalue weighted by Crippen LogP contribution is -2.60. The highest BCUT2D eigenvalue weighted by Gasteiger charge is 2.45. The van der Waals surface area contributed by atoms with Gasteiger partial charge in [-0.15, -0.1) is 0 Å². The third kappa shape index (κ3) is 2.85. The van der Waals surface area contributed by atoms with E-state index < -0.39 is 23.3 Å². The molecule has 0 aromatic heterocycles. The molecule has 1 fully saturated rings. The predicted octanol–water partition coefficient (Wildman–Crippen LogP) is 0.503. The quantitative estimate of drug-likeness (QED) is 0.638. The van der Waals surface area contributed by atoms with Crippen molar-refractivity contribution in [1.29, 1.82) is 0 Å². The molecule has 0 radical (unpaired) electrons. The molecule has 1 N–H and O–H groups in total. The number of carbonyl (C=O) groups is 3. The molecule has 2 aliphatic rings. The maximum absolute atomic E-state index is 11.3. The summed E-state index contributed by atoms with van der Waals surface area (Å²) in [5, 5.41) is 5.73. The summed E-state index contributed by atoms with van der Waals surface area (Å²) >= 11 is 0. The Morgan fingerprint density at radius 1 is 1.33 bits per heavy atom. The first-order valence-electron chi connectivity index (χ1n) is 5.56. The summed E-state index contributed by atoms with van der Waals surface area (Å²) in [6, 6.07) is -0.663. The van der Waals surface area contributed by atoms with Crippen LogP contribution in [0.1, 0.15) is 27.2 Å². The van der Waals surface area contributed by atoms with Crippen molar-refractivity contribution in [3.63, 3.8) is 0 Å². The van der Waals surface area contributed by atoms with Crippen molar-refractivity contribution in [3.05, 3.63) is 0 Å². The van der Waals surface area contributed by atoms with Crippen LogP contribution in [0.15, 0.2) is 5.16 Å². The number of hydrogen-bond acceptors (Lipinski definition) is 5. The molecule has 1 saturated heterocycles. The Labute approximate surface area is 105 Å². The van der Waals surface area contributed by atoms with Gasteiger partial charge in [0.2, 0.25) is 11.8 Å². The fourth-order valence-electron chi connectivity index (χ4n) is 1.34. The van der Waals surface area contributed by atoms with Crippen LogP contribution in [0.4, 0.5) is 4.79 Å². The molecule has 0 saturated carbocycles. The Hall–Kier alpha value is -1.92. The molecule has 2 aliphatic heterocycles. The van der Waals surface area contributed by atoms with E-state index in [2.05, 4.69) is 15.3 Å². The summed E-state index contributed by atoms with van der Waals surface area (Å²) in [5.74, 6) is -1.02. The molecule has 0 aliphatic carbocycles. The van der Waals surface area contributed by atoms with Gasteiger partial charge >= 0.3 is 6.03 Å². The van der Waals surface area contributed by atoms with Gasteiger partial charge in [0.15, 0.2) is 0 Å². The number of amides is 4. The van der Waals surface area contributed by atoms with Crippen molar-refractivity contribution < 1.29 is 19.2 Å². The summed E-state index contributed by atoms with van der Waals surface area (Å²) in [6.45, 7) is 5.71. The number of carbonyl (C=O) groups excluding carboxylic acids is 3. The largest absolute Gasteiger partial charge is 0.395 e. The normalized spacial score (nSPS) is 21.7. The zero-order chi connectivity index (χ0) is 13.9. The topological polar surface area (TPSA) is 88.1 Å². The second-order valence-corrected chi connectivity index (χ2v) is 4.66. The molecule has 2 rings (SSSR count). The van der Waals surface area contributed by atoms with E-state index in [0.717, 1.165) is 23.6 Å². The maximum Gasteiger partial charge on any atom is 0.330 e. The molecule has 0 aromatic rings. The van der Waals surface area contributed by atoms with Crippen molar-refractivity contribution in [2.75, 3.05) is 13.7 Å². The lowest BCUT2D eigenvalue weighted by Gasteiger charge is -2.31. The minimum Gasteiger partial charge on any atom is -0.395 e. The number of hydrogen-bond donors (Lipinski definition) is 1. The van der Waals surface area contributed by atoms with E-state index in [-0.39, 0.29) is 0 Å². The van der Waals surface area contributed by atoms with Crippen LogP contribution in [0, 0.1) is 5.41 Å². The average molecular weight is 255 g/mol. The SMILES string of the molecule is CC1=NOCC1.CN1C(=O)NC(=O)C(C)(C)C1=O. The second-order valence-electron chi connectivity index (χ2n) is 4.66. The number of barbiturate groups is 1. The van der Waals surface area contributed by atoms with Gasteiger partial charge in [-0.2, -0.15) is 0 Å². The molecule has 4 amide bonds. The molecule has 7 heteroatoms. The summed E-state index contributed by atoms with van der Waals surface area (Å²) < 4.78 is 0. The lowest BCUT2D eigenvalue weighted by molar-refractivity contribution is -0.148. The molecule has 18 heavy (non-hydrogen) atoms. The summed E-state index contributed by atoms with van der Waals surface area (Å²) in [6.07, 6.45) is 1.01. The van der Waals surface area contributed by atoms with Crippen LogP contribution in [0.2, 0.25) is 0 Å². The zero-order valence-electron chi connectivity index (χ0n) is 10.9. The molecule has 2 heterocycles. The van der Waals surface area contributed by atoms with Gasteiger partial charge in [0, 0.05) is 13.5 Å². The van der Waals surface area contributed by atoms with E-state index in [1.54, 1.807) is 0 Å². The molecule has 0 spiro atoms. The van der Waals surface area contributed by atoms with Crippen LogP contribution in [-0.4, -0.2) is 42.1 Å². The summed E-state index contributed by atoms with van der Waals surface area (Å²) in [7, 11) is 1.34. The Bertz CT molecular complexity index is 415. The zero-order valence-corrected chi connectivity index (χ0v) is 10.9. The Morgan fingerprint density at radius 3 is 2.33 bits per heavy atom. The van der Waals surface area contributed by atoms with Crippen molar-refractivity contribution in [2.24, 2.45) is 10.6 Å². The van der Waals surface area contributed by atoms with Crippen molar-refractivity contribution in [1.82, 2.24) is 10.2 Å². The van der Waals surface area contributed by atoms with Gasteiger partial charge in [-0.05, 0) is 20.8 Å². The van der Waals surface area contributed by atoms with E-state index in [0.29, 0.717) is 0 Å². The smallest absolute Gasteiger partial charge is 0.330 e. The van der Waals surface area contributed by atoms with Gasteiger partial charge in [-0.3, -0.25) is 19.8 Å². The molecule has 100 valence electrons. The Balaban J connectivity index is 0.000000225. The van der Waals surface area contributed by atoms with E-state index in [1.165, 1.54) is 20.9 Å². The second kappa shape index (κ2) is 5.16. The highest BCUT2D eigenvalue weighted by Crippen LogP contribution is 2.21. The number of nitrogens with zero attached hydrogens (tertiary/aromatic N) is 2. The predicted molar refractivity (Wildman–Crippen MR) is 63.8 cm³/mol. The first kappa shape index (κ1) is 14.1. The molecule has 0 bridgehead atoms. The fourth-order valence-corrected chi connectivity index (χ4v) is 1.34. The fraction of sp³-hybridized carbons (Fsp3) is 0.636. The van der Waals surface area contributed by atoms with Crippen molar-refractivity contribution >= 4 is 23.6 Å². The van der Waals surface area contributed by atoms with Gasteiger partial charge in [-0.1, -0.05) is 5.16 Å². The monoisotopic (exact) mass is 255 g/mol. The van der Waals surface area contributed by atoms with Crippen LogP contribution in [0.5, 0.6) is 0 Å². The van der Waals surface area contributed by atoms with E-state index in [1.807, 2.05) is 6.92 Å². The van der Waals surface area contributed by atoms with E-state index in [9.17, 15) is 14.4 Å². The Kier molecular flexibility index (Phi) is 4.05. The van der Waals surface area contributed by atoms with E-state index >= 15 is 0 Å². The van der Waals surface area contributed by atoms with E-state index in [4.69, 9.17) is 0 Å². The third-order valence-electron chi connectivity index (χ3n) is 2.71. The minimum atomic E-state index is -1.14. The first-order chi connectivity index (χ1) is 8.26. The number of urea groups is 1. The highest BCUT2D eigenvalue weighted by molar-refractivity contribution is 6.18. The molecule has 0 aromatic carbocycles. The van der Waals surface area contributed by atoms with Gasteiger partial charge in [-0.25, -0.2) is 4.79 Å². The van der Waals surface area contributed by atoms with Gasteiger partial charge in [0.25, 0.3) is 0 Å². The number of nitrogens with one attached hydrogen (secondary N) is 1. The molecular weight excluding hydrogens is 238 g/mol. The Morgan fingerprint density at radius 2 is 1.94 bits per heavy atom. The standard InChI is InChI=1S/C7H10N2O3.C4H7NO/c1-7(2)4(10)8-6(12)9(3)5(7)11;1-4-2-3-6-5-4/h1-3H3,(H,8,10,12);2-3H2,1H3. The van der Waals surface area contributed by atoms with Crippen molar-refractivity contribution in [2.45, 2.75) is 27.2 Å². The van der Waals surface area contributed by atoms with Crippen molar-refractivity contribution in [3.8, 4) is 0 Å². The van der Waals surface area contributed by atoms with Gasteiger partial charge in [0.1, 0.15) is 12.0 Å². The summed E-state index contributed by atoms with van der Waals surface area (Å²) in [5.41, 5.74) is -0.0298. The first-order valence-corrected chi connectivity index (χ1v) is 5.56. The number of imide groups is 2. The highest BCUT2D eigenvalue weighted by atomic mass is 16.6. The lowest BCUT2D eigenvalue weighted by atomic mass is 9.89. The van der Waals surface area contributed by atoms with Crippen LogP contribution >= 0.6 is 0 Å². The molecule has 0 atom stereocenters. The third-order valence-corrected chi connectivity index (χ3v) is 2.71. The van der Waals surface area contributed by atoms with Gasteiger partial charge < -0.3 is 4.84 Å². The van der Waals surface area contributed by atoms with Crippen LogP contribution in [0.3, 0.4) is 0 Å². The number of rotatable bonds is 0. The van der Waals surface area contributed by atoms with Gasteiger partial charge in [0.05, 0.1) is 5.71 Å². The minimum absolute atomic E-state index is 0.476. The number of oxime groups is 1. The van der Waals surface area contributed by atoms with Crippen LogP contribution < -0.4 is 5.32 Å². The summed E-state index contributed by atoms with van der Waals surface area (Å²) in [4.78, 5) is 38.8. The van der Waals surface area contributed by atoms with Crippen LogP contribution in [0.25, 0.3) is 0 Å². The molecule has 0 unspecified atom stereocenters. The molecule has 7 nitrogen and oxygen atoms in total. The maximum atomic E-state index is 11.3. The molecular formula is C11H17N3O4.